The highest BCUT2D eigenvalue weighted by atomic mass is 32.1. The summed E-state index contributed by atoms with van der Waals surface area (Å²) < 4.78 is 0. The summed E-state index contributed by atoms with van der Waals surface area (Å²) in [6.07, 6.45) is 0.889. The van der Waals surface area contributed by atoms with Gasteiger partial charge < -0.3 is 11.1 Å². The molecule has 92 valence electrons. The largest absolute Gasteiger partial charge is 0.390 e. The molecule has 1 aliphatic rings. The van der Waals surface area contributed by atoms with E-state index in [2.05, 4.69) is 17.4 Å². The third-order valence-corrected chi connectivity index (χ3v) is 4.23. The highest BCUT2D eigenvalue weighted by molar-refractivity contribution is 7.17. The van der Waals surface area contributed by atoms with Crippen LogP contribution in [0.1, 0.15) is 27.7 Å². The molecule has 4 heteroatoms. The lowest BCUT2D eigenvalue weighted by atomic mass is 10.0. The minimum atomic E-state index is -0.0656. The average Bonchev–Trinajstić information content (AvgIpc) is 2.83. The van der Waals surface area contributed by atoms with Crippen LogP contribution in [-0.4, -0.2) is 12.5 Å². The van der Waals surface area contributed by atoms with Gasteiger partial charge in [0.05, 0.1) is 10.6 Å². The second-order valence-electron chi connectivity index (χ2n) is 4.33. The van der Waals surface area contributed by atoms with E-state index in [1.165, 1.54) is 21.8 Å². The van der Waals surface area contributed by atoms with Crippen LogP contribution in [0.15, 0.2) is 24.3 Å². The molecule has 3 rings (SSSR count). The van der Waals surface area contributed by atoms with Gasteiger partial charge in [0, 0.05) is 23.4 Å². The first-order valence-corrected chi connectivity index (χ1v) is 6.81. The number of amides is 1. The van der Waals surface area contributed by atoms with Crippen LogP contribution < -0.4 is 11.1 Å². The lowest BCUT2D eigenvalue weighted by Crippen LogP contribution is -2.23. The van der Waals surface area contributed by atoms with Crippen molar-refractivity contribution in [3.05, 3.63) is 40.3 Å². The third kappa shape index (κ3) is 1.53. The minimum absolute atomic E-state index is 0.0656. The molecule has 1 aromatic heterocycles. The fourth-order valence-electron chi connectivity index (χ4n) is 2.47. The summed E-state index contributed by atoms with van der Waals surface area (Å²) >= 11 is 1.53. The van der Waals surface area contributed by atoms with Gasteiger partial charge in [-0.25, -0.2) is 0 Å². The monoisotopic (exact) mass is 258 g/mol. The van der Waals surface area contributed by atoms with Gasteiger partial charge in [0.15, 0.2) is 0 Å². The number of nitrogen functional groups attached to an aromatic ring is 1. The topological polar surface area (TPSA) is 55.1 Å². The lowest BCUT2D eigenvalue weighted by Gasteiger charge is -2.05. The Morgan fingerprint density at radius 2 is 2.22 bits per heavy atom. The predicted octanol–water partition coefficient (Wildman–Crippen LogP) is 2.65. The number of carbonyl (C=O) groups is 1. The summed E-state index contributed by atoms with van der Waals surface area (Å²) in [7, 11) is 0. The van der Waals surface area contributed by atoms with Crippen molar-refractivity contribution >= 4 is 22.2 Å². The normalized spacial score (nSPS) is 12.1. The van der Waals surface area contributed by atoms with Crippen LogP contribution in [0.5, 0.6) is 0 Å². The van der Waals surface area contributed by atoms with Crippen molar-refractivity contribution in [3.63, 3.8) is 0 Å². The zero-order chi connectivity index (χ0) is 12.7. The number of fused-ring (bicyclic) bond motifs is 3. The second kappa shape index (κ2) is 4.14. The Hall–Kier alpha value is -1.81. The molecule has 1 heterocycles. The number of thiophene rings is 1. The number of benzene rings is 1. The van der Waals surface area contributed by atoms with E-state index in [0.29, 0.717) is 17.1 Å². The van der Waals surface area contributed by atoms with E-state index in [-0.39, 0.29) is 5.91 Å². The number of rotatable bonds is 2. The lowest BCUT2D eigenvalue weighted by molar-refractivity contribution is 0.0957. The van der Waals surface area contributed by atoms with Gasteiger partial charge >= 0.3 is 0 Å². The summed E-state index contributed by atoms with van der Waals surface area (Å²) in [5.74, 6) is -0.0656. The van der Waals surface area contributed by atoms with Gasteiger partial charge in [-0.15, -0.1) is 11.3 Å². The molecule has 2 aromatic rings. The number of nitrogens with one attached hydrogen (secondary N) is 1. The van der Waals surface area contributed by atoms with Gasteiger partial charge in [0.25, 0.3) is 5.91 Å². The predicted molar refractivity (Wildman–Crippen MR) is 75.0 cm³/mol. The maximum absolute atomic E-state index is 12.1. The van der Waals surface area contributed by atoms with E-state index in [9.17, 15) is 4.79 Å². The highest BCUT2D eigenvalue weighted by Gasteiger charge is 2.28. The molecule has 0 unspecified atom stereocenters. The first kappa shape index (κ1) is 11.3. The van der Waals surface area contributed by atoms with Crippen LogP contribution >= 0.6 is 11.3 Å². The number of anilines is 1. The number of hydrogen-bond donors (Lipinski definition) is 2. The number of hydrogen-bond acceptors (Lipinski definition) is 3. The maximum atomic E-state index is 12.1. The summed E-state index contributed by atoms with van der Waals surface area (Å²) in [5, 5.41) is 3.46. The first-order valence-electron chi connectivity index (χ1n) is 6.00. The average molecular weight is 258 g/mol. The Kier molecular flexibility index (Phi) is 2.59. The van der Waals surface area contributed by atoms with E-state index < -0.39 is 0 Å². The zero-order valence-electron chi connectivity index (χ0n) is 10.1. The minimum Gasteiger partial charge on any atom is -0.390 e. The maximum Gasteiger partial charge on any atom is 0.254 e. The molecule has 0 saturated heterocycles. The Labute approximate surface area is 110 Å². The Bertz CT molecular complexity index is 631. The molecule has 0 saturated carbocycles. The number of carbonyl (C=O) groups excluding carboxylic acids is 1. The molecule has 3 nitrogen and oxygen atoms in total. The molecule has 3 N–H and O–H groups in total. The van der Waals surface area contributed by atoms with Gasteiger partial charge in [-0.05, 0) is 18.1 Å². The van der Waals surface area contributed by atoms with Crippen molar-refractivity contribution in [3.8, 4) is 11.1 Å². The fraction of sp³-hybridized carbons (Fsp3) is 0.214. The van der Waals surface area contributed by atoms with Gasteiger partial charge in [-0.3, -0.25) is 4.79 Å². The van der Waals surface area contributed by atoms with Gasteiger partial charge in [-0.2, -0.15) is 0 Å². The van der Waals surface area contributed by atoms with Crippen molar-refractivity contribution in [2.24, 2.45) is 0 Å². The van der Waals surface area contributed by atoms with E-state index in [1.54, 1.807) is 0 Å². The third-order valence-electron chi connectivity index (χ3n) is 3.21. The highest BCUT2D eigenvalue weighted by Crippen LogP contribution is 2.46. The van der Waals surface area contributed by atoms with Crippen LogP contribution in [-0.2, 0) is 6.42 Å². The summed E-state index contributed by atoms with van der Waals surface area (Å²) in [6.45, 7) is 2.53. The molecule has 0 atom stereocenters. The summed E-state index contributed by atoms with van der Waals surface area (Å²) in [4.78, 5) is 13.3. The van der Waals surface area contributed by atoms with E-state index >= 15 is 0 Å². The smallest absolute Gasteiger partial charge is 0.254 e. The molecule has 0 fully saturated rings. The Morgan fingerprint density at radius 1 is 1.44 bits per heavy atom. The standard InChI is InChI=1S/C14H14N2OS/c1-2-16-14(17)12-11-9-6-4-3-5-8(9)7-10(11)18-13(12)15/h3-6H,2,7,15H2,1H3,(H,16,17). The van der Waals surface area contributed by atoms with Crippen LogP contribution in [0.4, 0.5) is 5.00 Å². The van der Waals surface area contributed by atoms with Gasteiger partial charge in [0.2, 0.25) is 0 Å². The van der Waals surface area contributed by atoms with Crippen LogP contribution in [0.3, 0.4) is 0 Å². The van der Waals surface area contributed by atoms with Crippen molar-refractivity contribution in [2.75, 3.05) is 12.3 Å². The molecule has 0 bridgehead atoms. The zero-order valence-corrected chi connectivity index (χ0v) is 10.9. The fourth-order valence-corrected chi connectivity index (χ4v) is 3.58. The Morgan fingerprint density at radius 3 is 3.00 bits per heavy atom. The molecule has 1 aliphatic carbocycles. The SMILES string of the molecule is CCNC(=O)c1c(N)sc2c1-c1ccccc1C2. The van der Waals surface area contributed by atoms with Crippen LogP contribution in [0.25, 0.3) is 11.1 Å². The van der Waals surface area contributed by atoms with Crippen molar-refractivity contribution < 1.29 is 4.79 Å². The van der Waals surface area contributed by atoms with Gasteiger partial charge in [-0.1, -0.05) is 24.3 Å². The number of nitrogens with two attached hydrogens (primary N) is 1. The van der Waals surface area contributed by atoms with Crippen molar-refractivity contribution in [1.82, 2.24) is 5.32 Å². The van der Waals surface area contributed by atoms with Crippen LogP contribution in [0.2, 0.25) is 0 Å². The molecule has 0 aliphatic heterocycles. The van der Waals surface area contributed by atoms with E-state index in [4.69, 9.17) is 5.73 Å². The molecule has 1 amide bonds. The molecule has 18 heavy (non-hydrogen) atoms. The van der Waals surface area contributed by atoms with E-state index in [1.807, 2.05) is 19.1 Å². The quantitative estimate of drug-likeness (QED) is 0.742. The van der Waals surface area contributed by atoms with Crippen molar-refractivity contribution in [1.29, 1.82) is 0 Å². The van der Waals surface area contributed by atoms with E-state index in [0.717, 1.165) is 17.5 Å². The Balaban J connectivity index is 2.17. The van der Waals surface area contributed by atoms with Crippen molar-refractivity contribution in [2.45, 2.75) is 13.3 Å². The first-order chi connectivity index (χ1) is 8.72. The van der Waals surface area contributed by atoms with Crippen LogP contribution in [0, 0.1) is 0 Å². The molecular formula is C14H14N2OS. The molecule has 1 aromatic carbocycles. The second-order valence-corrected chi connectivity index (χ2v) is 5.47. The van der Waals surface area contributed by atoms with Gasteiger partial charge in [0.1, 0.15) is 0 Å². The molecule has 0 spiro atoms. The summed E-state index contributed by atoms with van der Waals surface area (Å²) in [5.41, 5.74) is 10.1. The molecule has 0 radical (unpaired) electrons. The summed E-state index contributed by atoms with van der Waals surface area (Å²) in [6, 6.07) is 8.21. The molecular weight excluding hydrogens is 244 g/mol.